The Labute approximate surface area is 166 Å². The molecule has 28 heavy (non-hydrogen) atoms. The van der Waals surface area contributed by atoms with Gasteiger partial charge in [-0.1, -0.05) is 31.2 Å². The van der Waals surface area contributed by atoms with E-state index < -0.39 is 0 Å². The van der Waals surface area contributed by atoms with Gasteiger partial charge in [0, 0.05) is 25.7 Å². The molecule has 0 aromatic heterocycles. The predicted molar refractivity (Wildman–Crippen MR) is 110 cm³/mol. The van der Waals surface area contributed by atoms with E-state index in [1.165, 1.54) is 6.92 Å². The number of carbonyl (C=O) groups excluding carboxylic acids is 2. The largest absolute Gasteiger partial charge is 0.493 e. The van der Waals surface area contributed by atoms with Crippen molar-refractivity contribution in [2.24, 2.45) is 0 Å². The van der Waals surface area contributed by atoms with Gasteiger partial charge >= 0.3 is 0 Å². The molecular weight excluding hydrogens is 356 g/mol. The third-order valence-corrected chi connectivity index (χ3v) is 4.51. The van der Waals surface area contributed by atoms with Gasteiger partial charge in [-0.2, -0.15) is 0 Å². The van der Waals surface area contributed by atoms with Crippen molar-refractivity contribution in [1.82, 2.24) is 5.32 Å². The summed E-state index contributed by atoms with van der Waals surface area (Å²) >= 11 is 0. The van der Waals surface area contributed by atoms with Crippen molar-refractivity contribution < 1.29 is 19.1 Å². The van der Waals surface area contributed by atoms with Crippen LogP contribution in [0.3, 0.4) is 0 Å². The summed E-state index contributed by atoms with van der Waals surface area (Å²) < 4.78 is 10.5. The molecule has 2 rings (SSSR count). The first-order valence-electron chi connectivity index (χ1n) is 9.33. The van der Waals surface area contributed by atoms with Gasteiger partial charge in [0.2, 0.25) is 11.8 Å². The number of ether oxygens (including phenoxy) is 2. The Kier molecular flexibility index (Phi) is 7.87. The Morgan fingerprint density at radius 1 is 1.04 bits per heavy atom. The van der Waals surface area contributed by atoms with Crippen molar-refractivity contribution in [2.45, 2.75) is 26.7 Å². The lowest BCUT2D eigenvalue weighted by Crippen LogP contribution is -2.38. The number of rotatable bonds is 9. The fourth-order valence-corrected chi connectivity index (χ4v) is 3.07. The van der Waals surface area contributed by atoms with Crippen LogP contribution in [-0.4, -0.2) is 39.1 Å². The second-order valence-corrected chi connectivity index (χ2v) is 6.37. The van der Waals surface area contributed by atoms with Gasteiger partial charge in [0.05, 0.1) is 20.6 Å². The van der Waals surface area contributed by atoms with Crippen LogP contribution in [0, 0.1) is 0 Å². The zero-order valence-corrected chi connectivity index (χ0v) is 17.0. The van der Waals surface area contributed by atoms with Gasteiger partial charge in [0.25, 0.3) is 0 Å². The number of benzene rings is 2. The van der Waals surface area contributed by atoms with Crippen LogP contribution in [0.4, 0.5) is 5.69 Å². The number of hydrogen-bond donors (Lipinski definition) is 1. The zero-order chi connectivity index (χ0) is 20.5. The van der Waals surface area contributed by atoms with Gasteiger partial charge in [-0.3, -0.25) is 9.59 Å². The molecule has 0 aliphatic rings. The van der Waals surface area contributed by atoms with Crippen LogP contribution in [0.25, 0.3) is 0 Å². The number of nitrogens with one attached hydrogen (secondary N) is 1. The summed E-state index contributed by atoms with van der Waals surface area (Å²) in [5.74, 6) is 1.06. The Morgan fingerprint density at radius 3 is 2.39 bits per heavy atom. The van der Waals surface area contributed by atoms with Crippen molar-refractivity contribution in [3.05, 3.63) is 53.6 Å². The van der Waals surface area contributed by atoms with E-state index in [1.807, 2.05) is 30.3 Å². The maximum Gasteiger partial charge on any atom is 0.224 e. The molecule has 0 unspecified atom stereocenters. The Bertz CT molecular complexity index is 820. The number of para-hydroxylation sites is 1. The molecule has 0 aliphatic heterocycles. The monoisotopic (exact) mass is 384 g/mol. The molecule has 0 saturated carbocycles. The van der Waals surface area contributed by atoms with E-state index in [4.69, 9.17) is 9.47 Å². The maximum absolute atomic E-state index is 12.3. The smallest absolute Gasteiger partial charge is 0.224 e. The molecule has 0 aliphatic carbocycles. The molecular formula is C22H28N2O4. The van der Waals surface area contributed by atoms with Gasteiger partial charge in [-0.05, 0) is 35.7 Å². The zero-order valence-electron chi connectivity index (χ0n) is 17.0. The molecule has 0 bridgehead atoms. The molecule has 0 atom stereocenters. The average molecular weight is 384 g/mol. The number of carbonyl (C=O) groups is 2. The highest BCUT2D eigenvalue weighted by atomic mass is 16.5. The van der Waals surface area contributed by atoms with E-state index in [1.54, 1.807) is 31.3 Å². The minimum atomic E-state index is -0.112. The lowest BCUT2D eigenvalue weighted by molar-refractivity contribution is -0.121. The number of nitrogens with zero attached hydrogens (tertiary/aromatic N) is 1. The second-order valence-electron chi connectivity index (χ2n) is 6.37. The highest BCUT2D eigenvalue weighted by Gasteiger charge is 2.15. The summed E-state index contributed by atoms with van der Waals surface area (Å²) in [5, 5.41) is 2.88. The predicted octanol–water partition coefficient (Wildman–Crippen LogP) is 2.98. The van der Waals surface area contributed by atoms with Gasteiger partial charge < -0.3 is 19.7 Å². The first-order valence-corrected chi connectivity index (χ1v) is 9.33. The molecule has 150 valence electrons. The quantitative estimate of drug-likeness (QED) is 0.722. The molecule has 0 spiro atoms. The number of aryl methyl sites for hydroxylation is 1. The molecule has 2 aromatic rings. The molecule has 6 heteroatoms. The number of amides is 2. The van der Waals surface area contributed by atoms with E-state index in [0.717, 1.165) is 23.2 Å². The van der Waals surface area contributed by atoms with Crippen molar-refractivity contribution in [3.63, 3.8) is 0 Å². The minimum Gasteiger partial charge on any atom is -0.493 e. The molecule has 0 heterocycles. The molecule has 2 aromatic carbocycles. The van der Waals surface area contributed by atoms with Gasteiger partial charge in [0.1, 0.15) is 0 Å². The summed E-state index contributed by atoms with van der Waals surface area (Å²) in [4.78, 5) is 26.1. The summed E-state index contributed by atoms with van der Waals surface area (Å²) in [5.41, 5.74) is 2.83. The normalized spacial score (nSPS) is 10.3. The highest BCUT2D eigenvalue weighted by Crippen LogP contribution is 2.27. The second kappa shape index (κ2) is 10.3. The van der Waals surface area contributed by atoms with Crippen LogP contribution < -0.4 is 19.7 Å². The summed E-state index contributed by atoms with van der Waals surface area (Å²) in [6.07, 6.45) is 1.07. The average Bonchev–Trinajstić information content (AvgIpc) is 2.70. The molecule has 1 N–H and O–H groups in total. The van der Waals surface area contributed by atoms with E-state index in [0.29, 0.717) is 24.6 Å². The topological polar surface area (TPSA) is 67.9 Å². The first kappa shape index (κ1) is 21.3. The number of hydrogen-bond acceptors (Lipinski definition) is 4. The maximum atomic E-state index is 12.3. The Morgan fingerprint density at radius 2 is 1.75 bits per heavy atom. The van der Waals surface area contributed by atoms with Crippen molar-refractivity contribution in [1.29, 1.82) is 0 Å². The lowest BCUT2D eigenvalue weighted by atomic mass is 10.1. The number of methoxy groups -OCH3 is 2. The molecule has 6 nitrogen and oxygen atoms in total. The standard InChI is InChI=1S/C22H28N2O4/c1-5-18-8-6-7-9-19(18)24(16(2)25)13-12-23-22(26)15-17-10-11-20(27-3)21(14-17)28-4/h6-11,14H,5,12-13,15H2,1-4H3,(H,23,26). The molecule has 2 amide bonds. The van der Waals surface area contributed by atoms with Crippen LogP contribution in [0.2, 0.25) is 0 Å². The first-order chi connectivity index (χ1) is 13.5. The van der Waals surface area contributed by atoms with Gasteiger partial charge in [0.15, 0.2) is 11.5 Å². The van der Waals surface area contributed by atoms with E-state index in [-0.39, 0.29) is 18.2 Å². The fraction of sp³-hybridized carbons (Fsp3) is 0.364. The SMILES string of the molecule is CCc1ccccc1N(CCNC(=O)Cc1ccc(OC)c(OC)c1)C(C)=O. The highest BCUT2D eigenvalue weighted by molar-refractivity contribution is 5.92. The lowest BCUT2D eigenvalue weighted by Gasteiger charge is -2.24. The summed E-state index contributed by atoms with van der Waals surface area (Å²) in [6, 6.07) is 13.2. The van der Waals surface area contributed by atoms with Gasteiger partial charge in [-0.25, -0.2) is 0 Å². The van der Waals surface area contributed by atoms with E-state index in [9.17, 15) is 9.59 Å². The van der Waals surface area contributed by atoms with Crippen LogP contribution >= 0.6 is 0 Å². The summed E-state index contributed by atoms with van der Waals surface area (Å²) in [7, 11) is 3.13. The molecule has 0 fully saturated rings. The Balaban J connectivity index is 1.95. The van der Waals surface area contributed by atoms with E-state index in [2.05, 4.69) is 12.2 Å². The van der Waals surface area contributed by atoms with Crippen LogP contribution in [0.5, 0.6) is 11.5 Å². The van der Waals surface area contributed by atoms with Crippen LogP contribution in [0.1, 0.15) is 25.0 Å². The fourth-order valence-electron chi connectivity index (χ4n) is 3.07. The van der Waals surface area contributed by atoms with Crippen molar-refractivity contribution in [3.8, 4) is 11.5 Å². The molecule has 0 radical (unpaired) electrons. The third kappa shape index (κ3) is 5.49. The number of anilines is 1. The molecule has 0 saturated heterocycles. The van der Waals surface area contributed by atoms with E-state index >= 15 is 0 Å². The Hall–Kier alpha value is -3.02. The minimum absolute atomic E-state index is 0.0463. The summed E-state index contributed by atoms with van der Waals surface area (Å²) in [6.45, 7) is 4.40. The van der Waals surface area contributed by atoms with Crippen molar-refractivity contribution in [2.75, 3.05) is 32.2 Å². The van der Waals surface area contributed by atoms with Gasteiger partial charge in [-0.15, -0.1) is 0 Å². The van der Waals surface area contributed by atoms with Crippen LogP contribution in [-0.2, 0) is 22.4 Å². The van der Waals surface area contributed by atoms with Crippen molar-refractivity contribution >= 4 is 17.5 Å². The van der Waals surface area contributed by atoms with Crippen LogP contribution in [0.15, 0.2) is 42.5 Å². The third-order valence-electron chi connectivity index (χ3n) is 4.51.